The summed E-state index contributed by atoms with van der Waals surface area (Å²) in [5, 5.41) is 3.15. The van der Waals surface area contributed by atoms with Gasteiger partial charge in [0.2, 0.25) is 0 Å². The summed E-state index contributed by atoms with van der Waals surface area (Å²) >= 11 is 0. The Morgan fingerprint density at radius 3 is 2.75 bits per heavy atom. The van der Waals surface area contributed by atoms with Gasteiger partial charge in [0.05, 0.1) is 0 Å². The van der Waals surface area contributed by atoms with E-state index in [0.29, 0.717) is 12.2 Å². The first-order valence-corrected chi connectivity index (χ1v) is 5.17. The maximum atomic E-state index is 12.4. The highest BCUT2D eigenvalue weighted by molar-refractivity contribution is 5.16. The van der Waals surface area contributed by atoms with E-state index in [9.17, 15) is 13.2 Å². The highest BCUT2D eigenvalue weighted by atomic mass is 19.4. The van der Waals surface area contributed by atoms with Crippen molar-refractivity contribution in [1.82, 2.24) is 15.3 Å². The first kappa shape index (κ1) is 11.3. The minimum absolute atomic E-state index is 0.0675. The van der Waals surface area contributed by atoms with Crippen LogP contribution in [0.2, 0.25) is 0 Å². The van der Waals surface area contributed by atoms with Gasteiger partial charge in [-0.1, -0.05) is 0 Å². The van der Waals surface area contributed by atoms with E-state index >= 15 is 0 Å². The molecule has 1 aromatic heterocycles. The Bertz CT molecular complexity index is 359. The third kappa shape index (κ3) is 2.49. The van der Waals surface area contributed by atoms with Crippen LogP contribution in [0, 0.1) is 0 Å². The largest absolute Gasteiger partial charge is 0.433 e. The SMILES string of the molecule is FC(F)(F)c1cc([C@H]2CCCNC2)ncn1. The van der Waals surface area contributed by atoms with Gasteiger partial charge in [-0.15, -0.1) is 0 Å². The fourth-order valence-corrected chi connectivity index (χ4v) is 1.85. The van der Waals surface area contributed by atoms with Crippen molar-refractivity contribution in [3.63, 3.8) is 0 Å². The van der Waals surface area contributed by atoms with Gasteiger partial charge < -0.3 is 5.32 Å². The fourth-order valence-electron chi connectivity index (χ4n) is 1.85. The number of aromatic nitrogens is 2. The summed E-state index contributed by atoms with van der Waals surface area (Å²) in [6, 6.07) is 1.05. The zero-order valence-electron chi connectivity index (χ0n) is 8.59. The van der Waals surface area contributed by atoms with E-state index in [1.807, 2.05) is 0 Å². The summed E-state index contributed by atoms with van der Waals surface area (Å²) in [4.78, 5) is 7.17. The van der Waals surface area contributed by atoms with Crippen molar-refractivity contribution in [2.45, 2.75) is 24.9 Å². The summed E-state index contributed by atoms with van der Waals surface area (Å²) in [5.41, 5.74) is -0.377. The van der Waals surface area contributed by atoms with E-state index in [2.05, 4.69) is 15.3 Å². The van der Waals surface area contributed by atoms with Crippen LogP contribution < -0.4 is 5.32 Å². The van der Waals surface area contributed by atoms with Crippen molar-refractivity contribution in [3.05, 3.63) is 23.8 Å². The van der Waals surface area contributed by atoms with E-state index in [4.69, 9.17) is 0 Å². The second kappa shape index (κ2) is 4.37. The lowest BCUT2D eigenvalue weighted by Gasteiger charge is -2.22. The minimum atomic E-state index is -4.39. The first-order chi connectivity index (χ1) is 7.57. The molecule has 1 fully saturated rings. The van der Waals surface area contributed by atoms with Gasteiger partial charge in [-0.25, -0.2) is 9.97 Å². The number of nitrogens with zero attached hydrogens (tertiary/aromatic N) is 2. The van der Waals surface area contributed by atoms with Gasteiger partial charge >= 0.3 is 6.18 Å². The summed E-state index contributed by atoms with van der Waals surface area (Å²) in [6.45, 7) is 1.61. The molecular formula is C10H12F3N3. The van der Waals surface area contributed by atoms with E-state index in [-0.39, 0.29) is 5.92 Å². The van der Waals surface area contributed by atoms with E-state index < -0.39 is 11.9 Å². The molecule has 2 rings (SSSR count). The molecule has 0 radical (unpaired) electrons. The standard InChI is InChI=1S/C10H12F3N3/c11-10(12,13)9-4-8(15-6-16-9)7-2-1-3-14-5-7/h4,6-7,14H,1-3,5H2/t7-/m0/s1. The predicted octanol–water partition coefficient (Wildman–Crippen LogP) is 1.96. The van der Waals surface area contributed by atoms with Crippen LogP contribution in [-0.2, 0) is 6.18 Å². The van der Waals surface area contributed by atoms with Crippen LogP contribution >= 0.6 is 0 Å². The molecule has 3 nitrogen and oxygen atoms in total. The fraction of sp³-hybridized carbons (Fsp3) is 0.600. The number of piperidine rings is 1. The van der Waals surface area contributed by atoms with Crippen molar-refractivity contribution in [2.75, 3.05) is 13.1 Å². The highest BCUT2D eigenvalue weighted by Gasteiger charge is 2.33. The zero-order chi connectivity index (χ0) is 11.6. The Balaban J connectivity index is 2.21. The second-order valence-electron chi connectivity index (χ2n) is 3.87. The average Bonchev–Trinajstić information content (AvgIpc) is 2.29. The number of nitrogens with one attached hydrogen (secondary N) is 1. The van der Waals surface area contributed by atoms with Crippen LogP contribution in [0.1, 0.15) is 30.1 Å². The van der Waals surface area contributed by atoms with Gasteiger partial charge in [-0.3, -0.25) is 0 Å². The Morgan fingerprint density at radius 2 is 2.12 bits per heavy atom. The molecular weight excluding hydrogens is 219 g/mol. The molecule has 1 aromatic rings. The van der Waals surface area contributed by atoms with Crippen LogP contribution in [-0.4, -0.2) is 23.1 Å². The molecule has 1 aliphatic heterocycles. The van der Waals surface area contributed by atoms with Crippen molar-refractivity contribution in [2.24, 2.45) is 0 Å². The number of halogens is 3. The van der Waals surface area contributed by atoms with E-state index in [1.165, 1.54) is 0 Å². The maximum absolute atomic E-state index is 12.4. The molecule has 0 aromatic carbocycles. The summed E-state index contributed by atoms with van der Waals surface area (Å²) in [5.74, 6) is 0.0675. The summed E-state index contributed by atoms with van der Waals surface area (Å²) in [7, 11) is 0. The third-order valence-corrected chi connectivity index (χ3v) is 2.69. The quantitative estimate of drug-likeness (QED) is 0.802. The maximum Gasteiger partial charge on any atom is 0.433 e. The second-order valence-corrected chi connectivity index (χ2v) is 3.87. The van der Waals surface area contributed by atoms with Crippen molar-refractivity contribution >= 4 is 0 Å². The van der Waals surface area contributed by atoms with E-state index in [0.717, 1.165) is 31.8 Å². The molecule has 0 unspecified atom stereocenters. The monoisotopic (exact) mass is 231 g/mol. The number of hydrogen-bond donors (Lipinski definition) is 1. The van der Waals surface area contributed by atoms with Gasteiger partial charge in [-0.05, 0) is 25.5 Å². The van der Waals surface area contributed by atoms with Crippen LogP contribution in [0.3, 0.4) is 0 Å². The topological polar surface area (TPSA) is 37.8 Å². The van der Waals surface area contributed by atoms with E-state index in [1.54, 1.807) is 0 Å². The highest BCUT2D eigenvalue weighted by Crippen LogP contribution is 2.29. The Labute approximate surface area is 91.1 Å². The average molecular weight is 231 g/mol. The van der Waals surface area contributed by atoms with Crippen molar-refractivity contribution in [3.8, 4) is 0 Å². The lowest BCUT2D eigenvalue weighted by atomic mass is 9.95. The molecule has 0 aliphatic carbocycles. The molecule has 88 valence electrons. The zero-order valence-corrected chi connectivity index (χ0v) is 8.59. The number of alkyl halides is 3. The predicted molar refractivity (Wildman–Crippen MR) is 51.9 cm³/mol. The van der Waals surface area contributed by atoms with Crippen LogP contribution in [0.25, 0.3) is 0 Å². The molecule has 2 heterocycles. The summed E-state index contributed by atoms with van der Waals surface area (Å²) < 4.78 is 37.3. The van der Waals surface area contributed by atoms with Gasteiger partial charge in [0.15, 0.2) is 0 Å². The van der Waals surface area contributed by atoms with Gasteiger partial charge in [0, 0.05) is 18.2 Å². The van der Waals surface area contributed by atoms with Crippen LogP contribution in [0.5, 0.6) is 0 Å². The van der Waals surface area contributed by atoms with Gasteiger partial charge in [-0.2, -0.15) is 13.2 Å². The molecule has 0 saturated carbocycles. The minimum Gasteiger partial charge on any atom is -0.316 e. The first-order valence-electron chi connectivity index (χ1n) is 5.17. The smallest absolute Gasteiger partial charge is 0.316 e. The number of rotatable bonds is 1. The Kier molecular flexibility index (Phi) is 3.09. The summed E-state index contributed by atoms with van der Waals surface area (Å²) in [6.07, 6.45) is -1.55. The molecule has 1 saturated heterocycles. The van der Waals surface area contributed by atoms with Crippen LogP contribution in [0.15, 0.2) is 12.4 Å². The van der Waals surface area contributed by atoms with Crippen molar-refractivity contribution in [1.29, 1.82) is 0 Å². The molecule has 1 atom stereocenters. The van der Waals surface area contributed by atoms with Crippen LogP contribution in [0.4, 0.5) is 13.2 Å². The lowest BCUT2D eigenvalue weighted by molar-refractivity contribution is -0.141. The lowest BCUT2D eigenvalue weighted by Crippen LogP contribution is -2.29. The normalized spacial score (nSPS) is 22.1. The van der Waals surface area contributed by atoms with Gasteiger partial charge in [0.1, 0.15) is 12.0 Å². The molecule has 0 amide bonds. The number of hydrogen-bond acceptors (Lipinski definition) is 3. The van der Waals surface area contributed by atoms with Gasteiger partial charge in [0.25, 0.3) is 0 Å². The molecule has 1 N–H and O–H groups in total. The third-order valence-electron chi connectivity index (χ3n) is 2.69. The Hall–Kier alpha value is -1.17. The molecule has 6 heteroatoms. The molecule has 0 bridgehead atoms. The molecule has 1 aliphatic rings. The Morgan fingerprint density at radius 1 is 1.31 bits per heavy atom. The molecule has 16 heavy (non-hydrogen) atoms. The van der Waals surface area contributed by atoms with Crippen molar-refractivity contribution < 1.29 is 13.2 Å². The molecule has 0 spiro atoms.